The summed E-state index contributed by atoms with van der Waals surface area (Å²) >= 11 is 0. The Kier molecular flexibility index (Phi) is 8.05. The van der Waals surface area contributed by atoms with E-state index >= 15 is 0 Å². The predicted octanol–water partition coefficient (Wildman–Crippen LogP) is 2.99. The molecule has 0 unspecified atom stereocenters. The molecule has 0 atom stereocenters. The molecule has 0 aliphatic carbocycles. The summed E-state index contributed by atoms with van der Waals surface area (Å²) in [5, 5.41) is 0. The van der Waals surface area contributed by atoms with E-state index in [2.05, 4.69) is 4.76 Å². The first kappa shape index (κ1) is 13.8. The maximum absolute atomic E-state index is 5.34. The normalized spacial score (nSPS) is 12.6. The minimum Gasteiger partial charge on any atom is -0.484 e. The van der Waals surface area contributed by atoms with E-state index in [0.717, 1.165) is 0 Å². The van der Waals surface area contributed by atoms with E-state index in [0.29, 0.717) is 19.1 Å². The van der Waals surface area contributed by atoms with E-state index in [1.165, 1.54) is 0 Å². The second kappa shape index (κ2) is 8.16. The van der Waals surface area contributed by atoms with E-state index in [4.69, 9.17) is 13.8 Å². The average Bonchev–Trinajstić information content (AvgIpc) is 2.14. The van der Waals surface area contributed by atoms with Gasteiger partial charge in [0, 0.05) is 5.92 Å². The Morgan fingerprint density at radius 1 is 1.21 bits per heavy atom. The molecule has 0 saturated carbocycles. The minimum atomic E-state index is -1.18. The van der Waals surface area contributed by atoms with Gasteiger partial charge in [0.25, 0.3) is 0 Å². The maximum atomic E-state index is 5.34. The molecular weight excluding hydrogens is 201 g/mol. The highest BCUT2D eigenvalue weighted by atomic mass is 31.2. The van der Waals surface area contributed by atoms with Crippen LogP contribution in [0.15, 0.2) is 4.76 Å². The van der Waals surface area contributed by atoms with Crippen LogP contribution in [-0.2, 0) is 13.8 Å². The summed E-state index contributed by atoms with van der Waals surface area (Å²) in [4.78, 5) is 0. The zero-order valence-electron chi connectivity index (χ0n) is 9.61. The molecule has 0 aliphatic heterocycles. The summed E-state index contributed by atoms with van der Waals surface area (Å²) in [6.45, 7) is 9.09. The van der Waals surface area contributed by atoms with Crippen molar-refractivity contribution in [1.82, 2.24) is 0 Å². The quantitative estimate of drug-likeness (QED) is 0.393. The Bertz CT molecular complexity index is 167. The maximum Gasteiger partial charge on any atom is 0.313 e. The zero-order chi connectivity index (χ0) is 11.0. The minimum absolute atomic E-state index is 0.255. The van der Waals surface area contributed by atoms with Crippen molar-refractivity contribution in [3.8, 4) is 0 Å². The highest BCUT2D eigenvalue weighted by Gasteiger charge is 2.12. The lowest BCUT2D eigenvalue weighted by atomic mass is 10.2. The standard InChI is InChI=1S/C9H20NO3P/c1-6-12-14(13-7-2)10-9(11-5)8(3)4/h8H,6-7H2,1-5H3/b10-9-. The fourth-order valence-corrected chi connectivity index (χ4v) is 1.89. The van der Waals surface area contributed by atoms with E-state index in [1.807, 2.05) is 27.7 Å². The predicted molar refractivity (Wildman–Crippen MR) is 59.5 cm³/mol. The Hall–Kier alpha value is -0.180. The Labute approximate surface area is 87.6 Å². The lowest BCUT2D eigenvalue weighted by Crippen LogP contribution is -2.09. The number of ether oxygens (including phenoxy) is 1. The number of nitrogens with zero attached hydrogens (tertiary/aromatic N) is 1. The molecule has 4 nitrogen and oxygen atoms in total. The van der Waals surface area contributed by atoms with Crippen molar-refractivity contribution in [1.29, 1.82) is 0 Å². The van der Waals surface area contributed by atoms with Crippen LogP contribution in [-0.4, -0.2) is 26.2 Å². The van der Waals surface area contributed by atoms with Crippen LogP contribution >= 0.6 is 8.53 Å². The van der Waals surface area contributed by atoms with Gasteiger partial charge in [-0.3, -0.25) is 0 Å². The smallest absolute Gasteiger partial charge is 0.313 e. The Morgan fingerprint density at radius 2 is 1.71 bits per heavy atom. The molecule has 84 valence electrons. The Balaban J connectivity index is 4.32. The molecule has 0 bridgehead atoms. The fraction of sp³-hybridized carbons (Fsp3) is 0.889. The van der Waals surface area contributed by atoms with E-state index in [9.17, 15) is 0 Å². The lowest BCUT2D eigenvalue weighted by Gasteiger charge is -2.13. The van der Waals surface area contributed by atoms with Crippen molar-refractivity contribution >= 4 is 14.4 Å². The molecule has 0 aromatic rings. The summed E-state index contributed by atoms with van der Waals surface area (Å²) in [5.41, 5.74) is 0. The van der Waals surface area contributed by atoms with Gasteiger partial charge in [0.05, 0.1) is 20.3 Å². The molecule has 0 aromatic carbocycles. The van der Waals surface area contributed by atoms with Crippen LogP contribution in [0.25, 0.3) is 0 Å². The lowest BCUT2D eigenvalue weighted by molar-refractivity contribution is 0.268. The summed E-state index contributed by atoms with van der Waals surface area (Å²) in [6.07, 6.45) is 0. The van der Waals surface area contributed by atoms with Crippen LogP contribution in [0.2, 0.25) is 0 Å². The van der Waals surface area contributed by atoms with Crippen molar-refractivity contribution in [3.63, 3.8) is 0 Å². The van der Waals surface area contributed by atoms with Gasteiger partial charge in [-0.15, -0.1) is 0 Å². The molecule has 0 fully saturated rings. The number of hydrogen-bond acceptors (Lipinski definition) is 4. The largest absolute Gasteiger partial charge is 0.484 e. The van der Waals surface area contributed by atoms with Gasteiger partial charge in [0.15, 0.2) is 5.90 Å². The molecule has 0 radical (unpaired) electrons. The molecule has 0 saturated heterocycles. The van der Waals surface area contributed by atoms with Gasteiger partial charge in [0.1, 0.15) is 0 Å². The SMILES string of the molecule is CCOP(/N=C(\OC)C(C)C)OCC. The van der Waals surface area contributed by atoms with Crippen molar-refractivity contribution in [2.45, 2.75) is 27.7 Å². The van der Waals surface area contributed by atoms with Gasteiger partial charge in [0.2, 0.25) is 0 Å². The molecule has 0 aromatic heterocycles. The van der Waals surface area contributed by atoms with Crippen LogP contribution in [0.5, 0.6) is 0 Å². The molecule has 0 aliphatic rings. The van der Waals surface area contributed by atoms with Crippen LogP contribution in [0.3, 0.4) is 0 Å². The van der Waals surface area contributed by atoms with E-state index in [1.54, 1.807) is 7.11 Å². The Morgan fingerprint density at radius 3 is 2.00 bits per heavy atom. The number of hydrogen-bond donors (Lipinski definition) is 0. The van der Waals surface area contributed by atoms with Gasteiger partial charge < -0.3 is 13.8 Å². The monoisotopic (exact) mass is 221 g/mol. The zero-order valence-corrected chi connectivity index (χ0v) is 10.5. The molecule has 0 amide bonds. The van der Waals surface area contributed by atoms with Crippen molar-refractivity contribution in [3.05, 3.63) is 0 Å². The third-order valence-electron chi connectivity index (χ3n) is 1.36. The number of rotatable bonds is 6. The first-order valence-electron chi connectivity index (χ1n) is 4.84. The topological polar surface area (TPSA) is 40.0 Å². The van der Waals surface area contributed by atoms with E-state index in [-0.39, 0.29) is 5.92 Å². The fourth-order valence-electron chi connectivity index (χ4n) is 0.788. The van der Waals surface area contributed by atoms with Crippen LogP contribution in [0, 0.1) is 5.92 Å². The second-order valence-corrected chi connectivity index (χ2v) is 4.06. The second-order valence-electron chi connectivity index (χ2n) is 2.87. The summed E-state index contributed by atoms with van der Waals surface area (Å²) in [6, 6.07) is 0. The molecule has 5 heteroatoms. The highest BCUT2D eigenvalue weighted by molar-refractivity contribution is 7.46. The van der Waals surface area contributed by atoms with Crippen LogP contribution in [0.1, 0.15) is 27.7 Å². The molecule has 0 spiro atoms. The molecular formula is C9H20NO3P. The molecule has 0 heterocycles. The van der Waals surface area contributed by atoms with Crippen LogP contribution in [0.4, 0.5) is 0 Å². The third kappa shape index (κ3) is 5.53. The molecule has 0 rings (SSSR count). The van der Waals surface area contributed by atoms with Gasteiger partial charge in [-0.2, -0.15) is 4.76 Å². The van der Waals surface area contributed by atoms with Gasteiger partial charge >= 0.3 is 8.53 Å². The average molecular weight is 221 g/mol. The van der Waals surface area contributed by atoms with E-state index < -0.39 is 8.53 Å². The van der Waals surface area contributed by atoms with Crippen LogP contribution < -0.4 is 0 Å². The molecule has 14 heavy (non-hydrogen) atoms. The van der Waals surface area contributed by atoms with Gasteiger partial charge in [-0.1, -0.05) is 13.8 Å². The van der Waals surface area contributed by atoms with Crippen molar-refractivity contribution < 1.29 is 13.8 Å². The first-order valence-corrected chi connectivity index (χ1v) is 5.97. The van der Waals surface area contributed by atoms with Crippen molar-refractivity contribution in [2.24, 2.45) is 10.7 Å². The van der Waals surface area contributed by atoms with Gasteiger partial charge in [-0.25, -0.2) is 0 Å². The summed E-state index contributed by atoms with van der Waals surface area (Å²) in [7, 11) is 0.440. The summed E-state index contributed by atoms with van der Waals surface area (Å²) < 4.78 is 20.1. The van der Waals surface area contributed by atoms with Crippen molar-refractivity contribution in [2.75, 3.05) is 20.3 Å². The third-order valence-corrected chi connectivity index (χ3v) is 2.68. The summed E-state index contributed by atoms with van der Waals surface area (Å²) in [5.74, 6) is 0.934. The number of methoxy groups -OCH3 is 1. The first-order chi connectivity index (χ1) is 6.65. The highest BCUT2D eigenvalue weighted by Crippen LogP contribution is 2.40. The van der Waals surface area contributed by atoms with Gasteiger partial charge in [-0.05, 0) is 13.8 Å². The molecule has 0 N–H and O–H groups in total.